The smallest absolute Gasteiger partial charge is 0.330 e. The lowest BCUT2D eigenvalue weighted by Gasteiger charge is -2.18. The van der Waals surface area contributed by atoms with Crippen LogP contribution in [0.2, 0.25) is 0 Å². The van der Waals surface area contributed by atoms with Gasteiger partial charge < -0.3 is 24.1 Å². The number of benzene rings is 2. The van der Waals surface area contributed by atoms with E-state index in [1.165, 1.54) is 0 Å². The van der Waals surface area contributed by atoms with Crippen LogP contribution in [-0.4, -0.2) is 61.3 Å². The molecule has 9 heteroatoms. The number of carbonyl (C=O) groups excluding carboxylic acids is 3. The highest BCUT2D eigenvalue weighted by Gasteiger charge is 2.15. The maximum Gasteiger partial charge on any atom is 0.330 e. The third-order valence-corrected chi connectivity index (χ3v) is 4.68. The summed E-state index contributed by atoms with van der Waals surface area (Å²) in [5.74, 6) is -1.88. The van der Waals surface area contributed by atoms with Crippen molar-refractivity contribution < 1.29 is 43.2 Å². The minimum atomic E-state index is -1.10. The van der Waals surface area contributed by atoms with Gasteiger partial charge in [-0.15, -0.1) is 0 Å². The largest absolute Gasteiger partial charge is 0.491 e. The SMILES string of the molecule is C=CC(=O)OCCC(COC(=O)CCC(=O)O)OCCOc1ccc(C(=O)c2ccccc2)cc1. The first-order valence-electron chi connectivity index (χ1n) is 11.0. The van der Waals surface area contributed by atoms with E-state index in [2.05, 4.69) is 6.58 Å². The lowest BCUT2D eigenvalue weighted by Crippen LogP contribution is -2.26. The van der Waals surface area contributed by atoms with Crippen molar-refractivity contribution in [3.63, 3.8) is 0 Å². The molecular weight excluding hydrogens is 456 g/mol. The van der Waals surface area contributed by atoms with Crippen LogP contribution in [-0.2, 0) is 28.6 Å². The summed E-state index contributed by atoms with van der Waals surface area (Å²) in [7, 11) is 0. The summed E-state index contributed by atoms with van der Waals surface area (Å²) in [5, 5.41) is 8.64. The number of carboxylic acid groups (broad SMARTS) is 1. The molecule has 2 aromatic carbocycles. The van der Waals surface area contributed by atoms with Crippen LogP contribution >= 0.6 is 0 Å². The highest BCUT2D eigenvalue weighted by molar-refractivity contribution is 6.08. The summed E-state index contributed by atoms with van der Waals surface area (Å²) in [6, 6.07) is 15.7. The van der Waals surface area contributed by atoms with Crippen molar-refractivity contribution in [2.45, 2.75) is 25.4 Å². The Labute approximate surface area is 203 Å². The van der Waals surface area contributed by atoms with Crippen molar-refractivity contribution in [3.8, 4) is 5.75 Å². The van der Waals surface area contributed by atoms with Crippen LogP contribution in [0.5, 0.6) is 5.75 Å². The van der Waals surface area contributed by atoms with Gasteiger partial charge in [0, 0.05) is 23.6 Å². The van der Waals surface area contributed by atoms with E-state index in [0.717, 1.165) is 6.08 Å². The van der Waals surface area contributed by atoms with E-state index in [1.54, 1.807) is 48.5 Å². The predicted molar refractivity (Wildman–Crippen MR) is 125 cm³/mol. The van der Waals surface area contributed by atoms with Gasteiger partial charge in [-0.05, 0) is 24.3 Å². The summed E-state index contributed by atoms with van der Waals surface area (Å²) in [5.41, 5.74) is 1.14. The lowest BCUT2D eigenvalue weighted by atomic mass is 10.0. The fourth-order valence-electron chi connectivity index (χ4n) is 2.86. The third kappa shape index (κ3) is 10.7. The molecule has 1 N–H and O–H groups in total. The molecule has 0 aromatic heterocycles. The second kappa shape index (κ2) is 15.0. The fraction of sp³-hybridized carbons (Fsp3) is 0.308. The molecule has 0 fully saturated rings. The molecule has 0 heterocycles. The van der Waals surface area contributed by atoms with Crippen LogP contribution in [0.1, 0.15) is 35.2 Å². The molecule has 0 amide bonds. The molecule has 35 heavy (non-hydrogen) atoms. The molecule has 9 nitrogen and oxygen atoms in total. The number of hydrogen-bond donors (Lipinski definition) is 1. The summed E-state index contributed by atoms with van der Waals surface area (Å²) in [4.78, 5) is 45.9. The number of esters is 2. The van der Waals surface area contributed by atoms with Crippen LogP contribution in [0.3, 0.4) is 0 Å². The quantitative estimate of drug-likeness (QED) is 0.165. The molecule has 2 aromatic rings. The van der Waals surface area contributed by atoms with Gasteiger partial charge >= 0.3 is 17.9 Å². The van der Waals surface area contributed by atoms with E-state index in [-0.39, 0.29) is 51.5 Å². The summed E-state index contributed by atoms with van der Waals surface area (Å²) >= 11 is 0. The van der Waals surface area contributed by atoms with Gasteiger partial charge in [0.1, 0.15) is 19.0 Å². The Morgan fingerprint density at radius 2 is 1.54 bits per heavy atom. The van der Waals surface area contributed by atoms with Gasteiger partial charge in [0.15, 0.2) is 5.78 Å². The number of hydrogen-bond acceptors (Lipinski definition) is 8. The Morgan fingerprint density at radius 3 is 2.20 bits per heavy atom. The number of carbonyl (C=O) groups is 4. The molecular formula is C26H28O9. The Kier molecular flexibility index (Phi) is 11.7. The van der Waals surface area contributed by atoms with Gasteiger partial charge in [-0.25, -0.2) is 4.79 Å². The molecule has 0 aliphatic heterocycles. The Balaban J connectivity index is 1.79. The van der Waals surface area contributed by atoms with Crippen molar-refractivity contribution in [2.24, 2.45) is 0 Å². The van der Waals surface area contributed by atoms with Gasteiger partial charge in [-0.1, -0.05) is 36.9 Å². The van der Waals surface area contributed by atoms with Crippen molar-refractivity contribution >= 4 is 23.7 Å². The van der Waals surface area contributed by atoms with Gasteiger partial charge in [0.05, 0.1) is 32.2 Å². The normalized spacial score (nSPS) is 11.2. The van der Waals surface area contributed by atoms with E-state index < -0.39 is 24.0 Å². The molecule has 1 unspecified atom stereocenters. The first kappa shape index (κ1) is 27.3. The van der Waals surface area contributed by atoms with Crippen molar-refractivity contribution in [3.05, 3.63) is 78.4 Å². The van der Waals surface area contributed by atoms with E-state index in [9.17, 15) is 19.2 Å². The van der Waals surface area contributed by atoms with Gasteiger partial charge in [-0.3, -0.25) is 14.4 Å². The molecule has 0 spiro atoms. The predicted octanol–water partition coefficient (Wildman–Crippen LogP) is 3.21. The van der Waals surface area contributed by atoms with Gasteiger partial charge in [-0.2, -0.15) is 0 Å². The van der Waals surface area contributed by atoms with Gasteiger partial charge in [0.25, 0.3) is 0 Å². The van der Waals surface area contributed by atoms with E-state index in [0.29, 0.717) is 16.9 Å². The molecule has 186 valence electrons. The maximum atomic E-state index is 12.5. The highest BCUT2D eigenvalue weighted by Crippen LogP contribution is 2.15. The first-order chi connectivity index (χ1) is 16.9. The van der Waals surface area contributed by atoms with Crippen LogP contribution in [0.15, 0.2) is 67.3 Å². The van der Waals surface area contributed by atoms with Crippen LogP contribution in [0, 0.1) is 0 Å². The Morgan fingerprint density at radius 1 is 0.857 bits per heavy atom. The molecule has 0 bridgehead atoms. The monoisotopic (exact) mass is 484 g/mol. The average Bonchev–Trinajstić information content (AvgIpc) is 2.88. The minimum absolute atomic E-state index is 0.0277. The molecule has 0 aliphatic rings. The molecule has 0 saturated carbocycles. The van der Waals surface area contributed by atoms with Crippen LogP contribution in [0.4, 0.5) is 0 Å². The van der Waals surface area contributed by atoms with Crippen molar-refractivity contribution in [1.29, 1.82) is 0 Å². The maximum absolute atomic E-state index is 12.5. The number of ketones is 1. The Hall–Kier alpha value is -3.98. The average molecular weight is 485 g/mol. The van der Waals surface area contributed by atoms with E-state index in [1.807, 2.05) is 6.07 Å². The summed E-state index contributed by atoms with van der Waals surface area (Å²) < 4.78 is 21.3. The van der Waals surface area contributed by atoms with Crippen molar-refractivity contribution in [2.75, 3.05) is 26.4 Å². The molecule has 0 aliphatic carbocycles. The number of rotatable bonds is 16. The van der Waals surface area contributed by atoms with E-state index in [4.69, 9.17) is 24.1 Å². The second-order valence-electron chi connectivity index (χ2n) is 7.30. The van der Waals surface area contributed by atoms with Gasteiger partial charge in [0.2, 0.25) is 0 Å². The van der Waals surface area contributed by atoms with Crippen LogP contribution < -0.4 is 4.74 Å². The Bertz CT molecular complexity index is 984. The molecule has 2 rings (SSSR count). The number of carboxylic acids is 1. The zero-order valence-electron chi connectivity index (χ0n) is 19.2. The topological polar surface area (TPSA) is 125 Å². The fourth-order valence-corrected chi connectivity index (χ4v) is 2.86. The third-order valence-electron chi connectivity index (χ3n) is 4.68. The highest BCUT2D eigenvalue weighted by atomic mass is 16.6. The molecule has 0 radical (unpaired) electrons. The molecule has 0 saturated heterocycles. The van der Waals surface area contributed by atoms with Crippen molar-refractivity contribution in [1.82, 2.24) is 0 Å². The van der Waals surface area contributed by atoms with Crippen LogP contribution in [0.25, 0.3) is 0 Å². The lowest BCUT2D eigenvalue weighted by molar-refractivity contribution is -0.152. The molecule has 1 atom stereocenters. The minimum Gasteiger partial charge on any atom is -0.491 e. The second-order valence-corrected chi connectivity index (χ2v) is 7.30. The summed E-state index contributed by atoms with van der Waals surface area (Å²) in [6.45, 7) is 3.55. The number of ether oxygens (including phenoxy) is 4. The zero-order valence-corrected chi connectivity index (χ0v) is 19.2. The first-order valence-corrected chi connectivity index (χ1v) is 11.0. The number of aliphatic carboxylic acids is 1. The zero-order chi connectivity index (χ0) is 25.5. The standard InChI is InChI=1S/C26H28O9/c1-2-24(29)34-15-14-22(18-35-25(30)13-12-23(27)28)33-17-16-32-21-10-8-20(9-11-21)26(31)19-6-4-3-5-7-19/h2-11,22H,1,12-18H2,(H,27,28). The summed E-state index contributed by atoms with van der Waals surface area (Å²) in [6.07, 6.45) is 0.122. The van der Waals surface area contributed by atoms with E-state index >= 15 is 0 Å².